The molecule has 2 heterocycles. The van der Waals surface area contributed by atoms with Crippen molar-refractivity contribution in [3.05, 3.63) is 71.8 Å². The van der Waals surface area contributed by atoms with Gasteiger partial charge in [-0.25, -0.2) is 4.98 Å². The Labute approximate surface area is 290 Å². The third-order valence-corrected chi connectivity index (χ3v) is 13.1. The van der Waals surface area contributed by atoms with Gasteiger partial charge in [0.25, 0.3) is 0 Å². The SMILES string of the molecule is CCC(=O)c1ccc2c(c1)nc(N(COCC[Si](C)(C)C)C(Cc1cccc3ccccc13)C1CCNCC1)n2COCC[Si](C)(C)C. The molecule has 5 rings (SSSR count). The molecule has 9 heteroatoms. The van der Waals surface area contributed by atoms with Crippen LogP contribution in [-0.2, 0) is 22.6 Å². The molecule has 48 heavy (non-hydrogen) atoms. The summed E-state index contributed by atoms with van der Waals surface area (Å²) < 4.78 is 15.3. The van der Waals surface area contributed by atoms with E-state index < -0.39 is 16.1 Å². The van der Waals surface area contributed by atoms with Gasteiger partial charge in [0.05, 0.1) is 11.0 Å². The number of carbonyl (C=O) groups excluding carboxylic acids is 1. The second kappa shape index (κ2) is 16.3. The van der Waals surface area contributed by atoms with Crippen LogP contribution in [0.25, 0.3) is 21.8 Å². The normalized spacial score (nSPS) is 15.3. The second-order valence-electron chi connectivity index (χ2n) is 16.0. The van der Waals surface area contributed by atoms with E-state index in [9.17, 15) is 4.79 Å². The lowest BCUT2D eigenvalue weighted by Crippen LogP contribution is -2.48. The van der Waals surface area contributed by atoms with Crippen LogP contribution in [0.4, 0.5) is 5.95 Å². The maximum atomic E-state index is 12.8. The van der Waals surface area contributed by atoms with Crippen molar-refractivity contribution in [2.75, 3.05) is 37.9 Å². The van der Waals surface area contributed by atoms with E-state index in [1.807, 2.05) is 19.1 Å². The average molecular weight is 687 g/mol. The molecule has 7 nitrogen and oxygen atoms in total. The number of aromatic nitrogens is 2. The van der Waals surface area contributed by atoms with Crippen LogP contribution in [0.1, 0.15) is 42.1 Å². The molecule has 0 aliphatic carbocycles. The van der Waals surface area contributed by atoms with Crippen LogP contribution >= 0.6 is 0 Å². The Kier molecular flexibility index (Phi) is 12.3. The van der Waals surface area contributed by atoms with Crippen LogP contribution in [-0.4, -0.2) is 70.6 Å². The predicted octanol–water partition coefficient (Wildman–Crippen LogP) is 8.82. The molecule has 1 aliphatic heterocycles. The molecule has 1 aromatic heterocycles. The van der Waals surface area contributed by atoms with Gasteiger partial charge in [0.2, 0.25) is 5.95 Å². The largest absolute Gasteiger partial charge is 0.361 e. The highest BCUT2D eigenvalue weighted by atomic mass is 28.3. The number of rotatable bonds is 17. The van der Waals surface area contributed by atoms with Gasteiger partial charge in [0.15, 0.2) is 5.78 Å². The van der Waals surface area contributed by atoms with Crippen LogP contribution in [0.15, 0.2) is 60.7 Å². The van der Waals surface area contributed by atoms with Crippen LogP contribution in [0.5, 0.6) is 0 Å². The molecule has 1 N–H and O–H groups in total. The predicted molar refractivity (Wildman–Crippen MR) is 207 cm³/mol. The van der Waals surface area contributed by atoms with Crippen molar-refractivity contribution >= 4 is 49.7 Å². The van der Waals surface area contributed by atoms with Gasteiger partial charge in [-0.1, -0.05) is 88.7 Å². The van der Waals surface area contributed by atoms with Crippen molar-refractivity contribution in [2.24, 2.45) is 5.92 Å². The van der Waals surface area contributed by atoms with Gasteiger partial charge in [0.1, 0.15) is 13.5 Å². The molecule has 0 spiro atoms. The number of hydrogen-bond acceptors (Lipinski definition) is 6. The smallest absolute Gasteiger partial charge is 0.210 e. The maximum Gasteiger partial charge on any atom is 0.210 e. The van der Waals surface area contributed by atoms with Crippen molar-refractivity contribution < 1.29 is 14.3 Å². The molecule has 1 atom stereocenters. The highest BCUT2D eigenvalue weighted by molar-refractivity contribution is 6.76. The van der Waals surface area contributed by atoms with E-state index in [1.165, 1.54) is 16.3 Å². The second-order valence-corrected chi connectivity index (χ2v) is 27.2. The summed E-state index contributed by atoms with van der Waals surface area (Å²) in [5.74, 6) is 1.47. The summed E-state index contributed by atoms with van der Waals surface area (Å²) >= 11 is 0. The number of Topliss-reactive ketones (excluding diaryl/α,β-unsaturated/α-hetero) is 1. The fraction of sp³-hybridized carbons (Fsp3) is 0.538. The van der Waals surface area contributed by atoms with Crippen LogP contribution < -0.4 is 10.2 Å². The van der Waals surface area contributed by atoms with Crippen LogP contribution in [0.3, 0.4) is 0 Å². The Morgan fingerprint density at radius 1 is 0.938 bits per heavy atom. The zero-order chi connectivity index (χ0) is 34.3. The zero-order valence-corrected chi connectivity index (χ0v) is 32.5. The first kappa shape index (κ1) is 36.5. The Bertz CT molecular complexity index is 1650. The van der Waals surface area contributed by atoms with Gasteiger partial charge < -0.3 is 19.7 Å². The van der Waals surface area contributed by atoms with Gasteiger partial charge in [-0.2, -0.15) is 0 Å². The van der Waals surface area contributed by atoms with E-state index in [4.69, 9.17) is 14.5 Å². The molecule has 4 aromatic rings. The molecule has 1 fully saturated rings. The molecule has 0 bridgehead atoms. The number of hydrogen-bond donors (Lipinski definition) is 1. The number of carbonyl (C=O) groups is 1. The molecular weight excluding hydrogens is 629 g/mol. The lowest BCUT2D eigenvalue weighted by atomic mass is 9.84. The minimum Gasteiger partial charge on any atom is -0.361 e. The summed E-state index contributed by atoms with van der Waals surface area (Å²) in [5, 5.41) is 6.18. The van der Waals surface area contributed by atoms with E-state index in [0.717, 1.165) is 74.6 Å². The number of imidazole rings is 1. The van der Waals surface area contributed by atoms with E-state index in [-0.39, 0.29) is 11.8 Å². The standard InChI is InChI=1S/C39H58N4O3Si2/c1-8-38(44)33-16-17-36-35(26-33)41-39(42(36)28-45-22-24-47(2,3)4)43(29-46-23-25-48(5,6)7)37(31-18-20-40-21-19-31)27-32-14-11-13-30-12-9-10-15-34(30)32/h9-17,26,31,37,40H,8,18-25,27-29H2,1-7H3. The lowest BCUT2D eigenvalue weighted by molar-refractivity contribution is 0.0872. The molecule has 0 saturated carbocycles. The van der Waals surface area contributed by atoms with Gasteiger partial charge in [-0.3, -0.25) is 9.36 Å². The first-order valence-electron chi connectivity index (χ1n) is 18.1. The quantitative estimate of drug-likeness (QED) is 0.0518. The van der Waals surface area contributed by atoms with Crippen molar-refractivity contribution in [3.8, 4) is 0 Å². The monoisotopic (exact) mass is 686 g/mol. The number of fused-ring (bicyclic) bond motifs is 2. The summed E-state index contributed by atoms with van der Waals surface area (Å²) in [7, 11) is -2.53. The van der Waals surface area contributed by atoms with Crippen molar-refractivity contribution in [2.45, 2.75) is 96.7 Å². The van der Waals surface area contributed by atoms with Gasteiger partial charge in [0, 0.05) is 47.4 Å². The van der Waals surface area contributed by atoms with Crippen molar-refractivity contribution in [3.63, 3.8) is 0 Å². The van der Waals surface area contributed by atoms with E-state index in [2.05, 4.69) is 103 Å². The van der Waals surface area contributed by atoms with Crippen LogP contribution in [0, 0.1) is 5.92 Å². The molecular formula is C39H58N4O3Si2. The summed E-state index contributed by atoms with van der Waals surface area (Å²) in [6, 6.07) is 23.8. The Morgan fingerprint density at radius 3 is 2.33 bits per heavy atom. The van der Waals surface area contributed by atoms with Crippen molar-refractivity contribution in [1.82, 2.24) is 14.9 Å². The van der Waals surface area contributed by atoms with Gasteiger partial charge >= 0.3 is 0 Å². The lowest BCUT2D eigenvalue weighted by Gasteiger charge is -2.40. The highest BCUT2D eigenvalue weighted by Gasteiger charge is 2.33. The summed E-state index contributed by atoms with van der Waals surface area (Å²) in [6.45, 7) is 20.6. The Hall–Kier alpha value is -2.83. The number of benzene rings is 3. The van der Waals surface area contributed by atoms with Crippen molar-refractivity contribution in [1.29, 1.82) is 0 Å². The minimum absolute atomic E-state index is 0.134. The fourth-order valence-corrected chi connectivity index (χ4v) is 8.19. The maximum absolute atomic E-state index is 12.8. The molecule has 1 unspecified atom stereocenters. The number of ketones is 1. The van der Waals surface area contributed by atoms with Crippen LogP contribution in [0.2, 0.25) is 51.4 Å². The summed E-state index contributed by atoms with van der Waals surface area (Å²) in [4.78, 5) is 20.6. The summed E-state index contributed by atoms with van der Waals surface area (Å²) in [6.07, 6.45) is 3.56. The number of nitrogens with one attached hydrogen (secondary N) is 1. The van der Waals surface area contributed by atoms with E-state index >= 15 is 0 Å². The highest BCUT2D eigenvalue weighted by Crippen LogP contribution is 2.33. The Balaban J connectivity index is 1.61. The molecule has 1 saturated heterocycles. The van der Waals surface area contributed by atoms with E-state index in [0.29, 0.717) is 31.4 Å². The number of nitrogens with zero attached hydrogens (tertiary/aromatic N) is 3. The third-order valence-electron chi connectivity index (χ3n) is 9.71. The number of piperidine rings is 1. The number of ether oxygens (including phenoxy) is 2. The molecule has 260 valence electrons. The zero-order valence-electron chi connectivity index (χ0n) is 30.5. The Morgan fingerprint density at radius 2 is 1.62 bits per heavy atom. The molecule has 1 aliphatic rings. The molecule has 3 aromatic carbocycles. The third kappa shape index (κ3) is 9.66. The topological polar surface area (TPSA) is 68.6 Å². The molecule has 0 amide bonds. The minimum atomic E-state index is -1.28. The first-order valence-corrected chi connectivity index (χ1v) is 25.5. The number of anilines is 1. The van der Waals surface area contributed by atoms with E-state index in [1.54, 1.807) is 0 Å². The molecule has 0 radical (unpaired) electrons. The first-order chi connectivity index (χ1) is 22.9. The fourth-order valence-electron chi connectivity index (χ4n) is 6.67. The van der Waals surface area contributed by atoms with Gasteiger partial charge in [-0.05, 0) is 84.9 Å². The van der Waals surface area contributed by atoms with Gasteiger partial charge in [-0.15, -0.1) is 0 Å². The summed E-state index contributed by atoms with van der Waals surface area (Å²) in [5.41, 5.74) is 3.89. The average Bonchev–Trinajstić information content (AvgIpc) is 3.42.